The molecule has 0 amide bonds. The second kappa shape index (κ2) is 5.71. The van der Waals surface area contributed by atoms with E-state index in [1.807, 2.05) is 39.4 Å². The van der Waals surface area contributed by atoms with Crippen LogP contribution in [0.5, 0.6) is 0 Å². The fourth-order valence-corrected chi connectivity index (χ4v) is 2.02. The van der Waals surface area contributed by atoms with E-state index in [0.717, 1.165) is 6.61 Å². The summed E-state index contributed by atoms with van der Waals surface area (Å²) in [4.78, 5) is 2.03. The molecular weight excluding hydrogens is 158 g/mol. The number of hydrogen-bond donors (Lipinski definition) is 0. The zero-order chi connectivity index (χ0) is 8.85. The molecule has 0 heterocycles. The minimum absolute atomic E-state index is 0.170. The molecule has 0 aromatic rings. The van der Waals surface area contributed by atoms with Gasteiger partial charge in [0.15, 0.2) is 0 Å². The Balaban J connectivity index is 3.48. The van der Waals surface area contributed by atoms with Crippen molar-refractivity contribution >= 4 is 9.28 Å². The average molecular weight is 177 g/mol. The highest BCUT2D eigenvalue weighted by molar-refractivity contribution is 6.42. The second-order valence-electron chi connectivity index (χ2n) is 2.72. The molecule has 0 fully saturated rings. The first-order valence-electron chi connectivity index (χ1n) is 4.01. The maximum Gasteiger partial charge on any atom is 0.319 e. The van der Waals surface area contributed by atoms with Crippen molar-refractivity contribution in [2.24, 2.45) is 0 Å². The van der Waals surface area contributed by atoms with Crippen LogP contribution in [0.4, 0.5) is 0 Å². The van der Waals surface area contributed by atoms with E-state index in [0.29, 0.717) is 0 Å². The Morgan fingerprint density at radius 2 is 2.00 bits per heavy atom. The second-order valence-corrected chi connectivity index (χ2v) is 4.46. The Morgan fingerprint density at radius 3 is 2.36 bits per heavy atom. The van der Waals surface area contributed by atoms with Crippen molar-refractivity contribution in [2.45, 2.75) is 26.6 Å². The summed E-state index contributed by atoms with van der Waals surface area (Å²) in [6.07, 6.45) is 0.170. The van der Waals surface area contributed by atoms with Crippen LogP contribution in [0.1, 0.15) is 13.8 Å². The highest BCUT2D eigenvalue weighted by Crippen LogP contribution is 1.98. The lowest BCUT2D eigenvalue weighted by Gasteiger charge is -2.23. The van der Waals surface area contributed by atoms with Crippen molar-refractivity contribution < 1.29 is 8.85 Å². The largest absolute Gasteiger partial charge is 0.397 e. The lowest BCUT2D eigenvalue weighted by Crippen LogP contribution is -2.34. The van der Waals surface area contributed by atoms with E-state index in [-0.39, 0.29) is 6.23 Å². The van der Waals surface area contributed by atoms with Crippen LogP contribution >= 0.6 is 0 Å². The first kappa shape index (κ1) is 11.1. The molecule has 0 saturated carbocycles. The summed E-state index contributed by atoms with van der Waals surface area (Å²) in [5, 5.41) is 0. The molecule has 0 saturated heterocycles. The summed E-state index contributed by atoms with van der Waals surface area (Å²) in [6, 6.07) is 0. The van der Waals surface area contributed by atoms with Gasteiger partial charge in [0.2, 0.25) is 0 Å². The minimum atomic E-state index is -1.36. The first-order chi connectivity index (χ1) is 5.07. The van der Waals surface area contributed by atoms with Crippen molar-refractivity contribution in [2.75, 3.05) is 20.7 Å². The van der Waals surface area contributed by atoms with E-state index >= 15 is 0 Å². The highest BCUT2D eigenvalue weighted by atomic mass is 28.3. The number of nitrogens with zero attached hydrogens (tertiary/aromatic N) is 1. The van der Waals surface area contributed by atoms with E-state index in [1.165, 1.54) is 0 Å². The van der Waals surface area contributed by atoms with Crippen LogP contribution in [0.2, 0.25) is 6.55 Å². The van der Waals surface area contributed by atoms with Crippen molar-refractivity contribution in [3.63, 3.8) is 0 Å². The summed E-state index contributed by atoms with van der Waals surface area (Å²) >= 11 is 0. The molecule has 0 radical (unpaired) electrons. The summed E-state index contributed by atoms with van der Waals surface area (Å²) in [6.45, 7) is 6.83. The van der Waals surface area contributed by atoms with Crippen molar-refractivity contribution in [1.29, 1.82) is 0 Å². The highest BCUT2D eigenvalue weighted by Gasteiger charge is 2.11. The Bertz CT molecular complexity index is 100. The molecule has 0 aromatic carbocycles. The maximum atomic E-state index is 5.59. The van der Waals surface area contributed by atoms with Crippen molar-refractivity contribution in [3.8, 4) is 0 Å². The zero-order valence-electron chi connectivity index (χ0n) is 8.13. The van der Waals surface area contributed by atoms with Gasteiger partial charge in [-0.3, -0.25) is 4.90 Å². The molecule has 0 aromatic heterocycles. The predicted molar refractivity (Wildman–Crippen MR) is 48.9 cm³/mol. The van der Waals surface area contributed by atoms with Crippen LogP contribution in [0.3, 0.4) is 0 Å². The minimum Gasteiger partial charge on any atom is -0.397 e. The normalized spacial score (nSPS) is 16.9. The molecule has 68 valence electrons. The van der Waals surface area contributed by atoms with Gasteiger partial charge in [0.1, 0.15) is 0 Å². The summed E-state index contributed by atoms with van der Waals surface area (Å²) in [7, 11) is 2.64. The molecular formula is C7H19NO2Si. The van der Waals surface area contributed by atoms with E-state index in [2.05, 4.69) is 0 Å². The monoisotopic (exact) mass is 177 g/mol. The third-order valence-corrected chi connectivity index (χ3v) is 3.10. The van der Waals surface area contributed by atoms with Crippen LogP contribution in [-0.2, 0) is 8.85 Å². The van der Waals surface area contributed by atoms with Crippen molar-refractivity contribution in [1.82, 2.24) is 4.90 Å². The molecule has 11 heavy (non-hydrogen) atoms. The number of rotatable bonds is 5. The van der Waals surface area contributed by atoms with Gasteiger partial charge in [-0.25, -0.2) is 0 Å². The van der Waals surface area contributed by atoms with Gasteiger partial charge in [0, 0.05) is 6.61 Å². The van der Waals surface area contributed by atoms with Gasteiger partial charge in [-0.15, -0.1) is 0 Å². The SMILES string of the molecule is CCO[SiH](C)OC(C)N(C)C. The lowest BCUT2D eigenvalue weighted by molar-refractivity contribution is 0.0527. The van der Waals surface area contributed by atoms with Gasteiger partial charge in [0.05, 0.1) is 6.23 Å². The Kier molecular flexibility index (Phi) is 5.76. The average Bonchev–Trinajstić information content (AvgIpc) is 1.87. The van der Waals surface area contributed by atoms with Crippen LogP contribution in [0.25, 0.3) is 0 Å². The molecule has 0 spiro atoms. The smallest absolute Gasteiger partial charge is 0.319 e. The van der Waals surface area contributed by atoms with Gasteiger partial charge in [-0.1, -0.05) is 0 Å². The van der Waals surface area contributed by atoms with Crippen molar-refractivity contribution in [3.05, 3.63) is 0 Å². The van der Waals surface area contributed by atoms with Gasteiger partial charge in [-0.05, 0) is 34.5 Å². The Morgan fingerprint density at radius 1 is 1.45 bits per heavy atom. The molecule has 0 N–H and O–H groups in total. The Labute approximate surface area is 71.1 Å². The fourth-order valence-electron chi connectivity index (χ4n) is 0.673. The molecule has 4 heteroatoms. The topological polar surface area (TPSA) is 21.7 Å². The first-order valence-corrected chi connectivity index (χ1v) is 6.11. The predicted octanol–water partition coefficient (Wildman–Crippen LogP) is 0.797. The molecule has 3 nitrogen and oxygen atoms in total. The molecule has 0 aliphatic heterocycles. The molecule has 2 unspecified atom stereocenters. The summed E-state index contributed by atoms with van der Waals surface area (Å²) in [5.41, 5.74) is 0. The van der Waals surface area contributed by atoms with E-state index in [1.54, 1.807) is 0 Å². The van der Waals surface area contributed by atoms with Crippen LogP contribution < -0.4 is 0 Å². The van der Waals surface area contributed by atoms with E-state index in [4.69, 9.17) is 8.85 Å². The standard InChI is InChI=1S/C7H19NO2Si/c1-6-9-11(5)10-7(2)8(3)4/h7,11H,6H2,1-5H3. The lowest BCUT2D eigenvalue weighted by atomic mass is 10.6. The van der Waals surface area contributed by atoms with Gasteiger partial charge in [-0.2, -0.15) is 0 Å². The van der Waals surface area contributed by atoms with E-state index < -0.39 is 9.28 Å². The van der Waals surface area contributed by atoms with Gasteiger partial charge in [0.25, 0.3) is 0 Å². The third-order valence-electron chi connectivity index (χ3n) is 1.52. The molecule has 2 atom stereocenters. The molecule has 0 bridgehead atoms. The Hall–Kier alpha value is 0.0969. The number of hydrogen-bond acceptors (Lipinski definition) is 3. The summed E-state index contributed by atoms with van der Waals surface area (Å²) in [5.74, 6) is 0. The van der Waals surface area contributed by atoms with Gasteiger partial charge >= 0.3 is 9.28 Å². The maximum absolute atomic E-state index is 5.59. The van der Waals surface area contributed by atoms with Crippen LogP contribution in [0.15, 0.2) is 0 Å². The molecule has 0 aliphatic carbocycles. The quantitative estimate of drug-likeness (QED) is 0.458. The molecule has 0 rings (SSSR count). The van der Waals surface area contributed by atoms with Crippen LogP contribution in [0, 0.1) is 0 Å². The zero-order valence-corrected chi connectivity index (χ0v) is 9.28. The third kappa shape index (κ3) is 5.38. The van der Waals surface area contributed by atoms with Crippen LogP contribution in [-0.4, -0.2) is 41.1 Å². The fraction of sp³-hybridized carbons (Fsp3) is 1.00. The molecule has 0 aliphatic rings. The van der Waals surface area contributed by atoms with Gasteiger partial charge < -0.3 is 8.85 Å². The van der Waals surface area contributed by atoms with E-state index in [9.17, 15) is 0 Å². The summed E-state index contributed by atoms with van der Waals surface area (Å²) < 4.78 is 10.9.